The highest BCUT2D eigenvalue weighted by atomic mass is 16.5. The molecule has 0 unspecified atom stereocenters. The molecule has 0 aliphatic carbocycles. The van der Waals surface area contributed by atoms with E-state index in [2.05, 4.69) is 29.5 Å². The lowest BCUT2D eigenvalue weighted by Gasteiger charge is -2.12. The molecule has 0 aliphatic heterocycles. The molecule has 0 bridgehead atoms. The number of nitrogens with zero attached hydrogens (tertiary/aromatic N) is 2. The zero-order valence-electron chi connectivity index (χ0n) is 17.6. The molecule has 2 rings (SSSR count). The van der Waals surface area contributed by atoms with Crippen LogP contribution >= 0.6 is 0 Å². The topological polar surface area (TPSA) is 108 Å². The van der Waals surface area contributed by atoms with E-state index in [-0.39, 0.29) is 19.2 Å². The second kappa shape index (κ2) is 11.5. The van der Waals surface area contributed by atoms with Crippen molar-refractivity contribution < 1.29 is 19.1 Å². The lowest BCUT2D eigenvalue weighted by molar-refractivity contribution is -0.148. The van der Waals surface area contributed by atoms with Gasteiger partial charge in [-0.1, -0.05) is 6.07 Å². The van der Waals surface area contributed by atoms with Gasteiger partial charge in [-0.05, 0) is 63.8 Å². The summed E-state index contributed by atoms with van der Waals surface area (Å²) in [4.78, 5) is 22.9. The van der Waals surface area contributed by atoms with Crippen LogP contribution in [0.25, 0.3) is 10.9 Å². The number of nitrogens with one attached hydrogen (secondary N) is 1. The van der Waals surface area contributed by atoms with Crippen molar-refractivity contribution in [2.24, 2.45) is 5.73 Å². The predicted molar refractivity (Wildman–Crippen MR) is 111 cm³/mol. The maximum Gasteiger partial charge on any atom is 0.319 e. The molecule has 1 atom stereocenters. The number of hydrogen-bond donors (Lipinski definition) is 2. The Balaban J connectivity index is 1.80. The van der Waals surface area contributed by atoms with E-state index in [1.54, 1.807) is 4.68 Å². The van der Waals surface area contributed by atoms with Crippen LogP contribution in [0.1, 0.15) is 43.7 Å². The van der Waals surface area contributed by atoms with Gasteiger partial charge in [-0.3, -0.25) is 9.59 Å². The van der Waals surface area contributed by atoms with Gasteiger partial charge in [0.25, 0.3) is 0 Å². The number of ether oxygens (including phenoxy) is 2. The summed E-state index contributed by atoms with van der Waals surface area (Å²) in [6.45, 7) is 4.52. The minimum atomic E-state index is -0.408. The van der Waals surface area contributed by atoms with Crippen molar-refractivity contribution in [2.75, 3.05) is 20.2 Å². The molecule has 160 valence electrons. The van der Waals surface area contributed by atoms with E-state index in [0.717, 1.165) is 29.3 Å². The smallest absolute Gasteiger partial charge is 0.319 e. The van der Waals surface area contributed by atoms with Crippen molar-refractivity contribution in [1.29, 1.82) is 0 Å². The number of nitrogens with two attached hydrogens (primary N) is 1. The minimum Gasteiger partial charge on any atom is -0.465 e. The summed E-state index contributed by atoms with van der Waals surface area (Å²) in [5.74, 6) is -0.667. The fourth-order valence-corrected chi connectivity index (χ4v) is 3.19. The number of aryl methyl sites for hydroxylation is 1. The quantitative estimate of drug-likeness (QED) is 0.412. The molecule has 2 aromatic rings. The Morgan fingerprint density at radius 1 is 1.21 bits per heavy atom. The van der Waals surface area contributed by atoms with Crippen LogP contribution in [-0.4, -0.2) is 48.0 Å². The minimum absolute atomic E-state index is 0.101. The summed E-state index contributed by atoms with van der Waals surface area (Å²) >= 11 is 0. The number of benzene rings is 1. The normalized spacial score (nSPS) is 12.1. The standard InChI is InChI=1S/C21H32N4O4/c1-15-9-17(10-16(2)23-3)11-18-13-24-25(21(15)18)14-29-19(26)7-5-4-6-8-28-20(27)12-22/h9,11,13,16,23H,4-8,10,12,14,22H2,1-3H3/t16-/m0/s1. The second-order valence-electron chi connectivity index (χ2n) is 7.27. The highest BCUT2D eigenvalue weighted by Crippen LogP contribution is 2.21. The van der Waals surface area contributed by atoms with Crippen LogP contribution in [0.15, 0.2) is 18.3 Å². The first-order chi connectivity index (χ1) is 13.9. The first-order valence-corrected chi connectivity index (χ1v) is 10.1. The van der Waals surface area contributed by atoms with Gasteiger partial charge in [-0.15, -0.1) is 0 Å². The first-order valence-electron chi connectivity index (χ1n) is 10.1. The van der Waals surface area contributed by atoms with Crippen LogP contribution in [0, 0.1) is 6.92 Å². The number of aromatic nitrogens is 2. The molecular weight excluding hydrogens is 372 g/mol. The van der Waals surface area contributed by atoms with E-state index in [1.165, 1.54) is 5.56 Å². The van der Waals surface area contributed by atoms with Gasteiger partial charge in [0.2, 0.25) is 0 Å². The molecule has 8 heteroatoms. The van der Waals surface area contributed by atoms with Gasteiger partial charge in [0.05, 0.1) is 24.9 Å². The molecule has 0 saturated heterocycles. The summed E-state index contributed by atoms with van der Waals surface area (Å²) < 4.78 is 12.0. The highest BCUT2D eigenvalue weighted by Gasteiger charge is 2.11. The van der Waals surface area contributed by atoms with E-state index in [4.69, 9.17) is 15.2 Å². The van der Waals surface area contributed by atoms with Crippen molar-refractivity contribution in [3.8, 4) is 0 Å². The summed E-state index contributed by atoms with van der Waals surface area (Å²) in [7, 11) is 1.96. The van der Waals surface area contributed by atoms with Gasteiger partial charge in [0, 0.05) is 17.8 Å². The Labute approximate surface area is 171 Å². The third-order valence-corrected chi connectivity index (χ3v) is 4.82. The lowest BCUT2D eigenvalue weighted by Crippen LogP contribution is -2.23. The van der Waals surface area contributed by atoms with Crippen molar-refractivity contribution in [3.63, 3.8) is 0 Å². The fourth-order valence-electron chi connectivity index (χ4n) is 3.19. The average molecular weight is 405 g/mol. The van der Waals surface area contributed by atoms with E-state index in [0.29, 0.717) is 31.9 Å². The molecule has 3 N–H and O–H groups in total. The molecule has 1 heterocycles. The van der Waals surface area contributed by atoms with Crippen LogP contribution in [0.2, 0.25) is 0 Å². The Hall–Kier alpha value is -2.45. The molecule has 0 spiro atoms. The maximum absolute atomic E-state index is 12.0. The second-order valence-corrected chi connectivity index (χ2v) is 7.27. The maximum atomic E-state index is 12.0. The van der Waals surface area contributed by atoms with E-state index in [1.807, 2.05) is 20.2 Å². The van der Waals surface area contributed by atoms with Crippen molar-refractivity contribution in [1.82, 2.24) is 15.1 Å². The molecule has 0 aliphatic rings. The van der Waals surface area contributed by atoms with Gasteiger partial charge in [-0.2, -0.15) is 5.10 Å². The fraction of sp³-hybridized carbons (Fsp3) is 0.571. The Kier molecular flexibility index (Phi) is 9.08. The number of rotatable bonds is 12. The van der Waals surface area contributed by atoms with Crippen LogP contribution in [0.3, 0.4) is 0 Å². The average Bonchev–Trinajstić information content (AvgIpc) is 3.12. The monoisotopic (exact) mass is 404 g/mol. The Bertz CT molecular complexity index is 818. The molecule has 0 fully saturated rings. The molecule has 0 amide bonds. The molecule has 1 aromatic carbocycles. The SMILES string of the molecule is CN[C@@H](C)Cc1cc(C)c2c(cnn2COC(=O)CCCCCOC(=O)CN)c1. The van der Waals surface area contributed by atoms with Gasteiger partial charge < -0.3 is 20.5 Å². The summed E-state index contributed by atoms with van der Waals surface area (Å²) in [6.07, 6.45) is 5.26. The molecule has 0 radical (unpaired) electrons. The molecule has 0 saturated carbocycles. The summed E-state index contributed by atoms with van der Waals surface area (Å²) in [6, 6.07) is 4.70. The summed E-state index contributed by atoms with van der Waals surface area (Å²) in [5, 5.41) is 8.68. The molecule has 8 nitrogen and oxygen atoms in total. The molecular formula is C21H32N4O4. The number of hydrogen-bond acceptors (Lipinski definition) is 7. The van der Waals surface area contributed by atoms with Crippen LogP contribution < -0.4 is 11.1 Å². The highest BCUT2D eigenvalue weighted by molar-refractivity contribution is 5.82. The Morgan fingerprint density at radius 3 is 2.72 bits per heavy atom. The zero-order valence-corrected chi connectivity index (χ0v) is 17.6. The first kappa shape index (κ1) is 22.8. The largest absolute Gasteiger partial charge is 0.465 e. The van der Waals surface area contributed by atoms with Crippen LogP contribution in [0.5, 0.6) is 0 Å². The summed E-state index contributed by atoms with van der Waals surface area (Å²) in [5.41, 5.74) is 8.51. The predicted octanol–water partition coefficient (Wildman–Crippen LogP) is 2.06. The number of carbonyl (C=O) groups excluding carboxylic acids is 2. The van der Waals surface area contributed by atoms with E-state index in [9.17, 15) is 9.59 Å². The number of unbranched alkanes of at least 4 members (excludes halogenated alkanes) is 2. The van der Waals surface area contributed by atoms with Crippen molar-refractivity contribution in [2.45, 2.75) is 58.7 Å². The third kappa shape index (κ3) is 7.14. The van der Waals surface area contributed by atoms with E-state index >= 15 is 0 Å². The van der Waals surface area contributed by atoms with Crippen molar-refractivity contribution in [3.05, 3.63) is 29.5 Å². The molecule has 29 heavy (non-hydrogen) atoms. The number of fused-ring (bicyclic) bond motifs is 1. The third-order valence-electron chi connectivity index (χ3n) is 4.82. The van der Waals surface area contributed by atoms with E-state index < -0.39 is 5.97 Å². The van der Waals surface area contributed by atoms with Crippen LogP contribution in [0.4, 0.5) is 0 Å². The number of carbonyl (C=O) groups is 2. The molecule has 1 aromatic heterocycles. The lowest BCUT2D eigenvalue weighted by atomic mass is 10.0. The van der Waals surface area contributed by atoms with Gasteiger partial charge in [0.1, 0.15) is 0 Å². The Morgan fingerprint density at radius 2 is 2.00 bits per heavy atom. The van der Waals surface area contributed by atoms with Gasteiger partial charge >= 0.3 is 11.9 Å². The van der Waals surface area contributed by atoms with Gasteiger partial charge in [0.15, 0.2) is 6.73 Å². The zero-order chi connectivity index (χ0) is 21.2. The van der Waals surface area contributed by atoms with Crippen LogP contribution in [-0.2, 0) is 32.2 Å². The van der Waals surface area contributed by atoms with Gasteiger partial charge in [-0.25, -0.2) is 4.68 Å². The number of esters is 2. The number of likely N-dealkylation sites (N-methyl/N-ethyl adjacent to an activating group) is 1. The van der Waals surface area contributed by atoms with Crippen molar-refractivity contribution >= 4 is 22.8 Å².